The summed E-state index contributed by atoms with van der Waals surface area (Å²) in [5.74, 6) is 0. The molecule has 0 aliphatic rings. The van der Waals surface area contributed by atoms with Crippen LogP contribution in [0.4, 0.5) is 0 Å². The van der Waals surface area contributed by atoms with E-state index < -0.39 is 0 Å². The zero-order valence-corrected chi connectivity index (χ0v) is 9.57. The second-order valence-electron chi connectivity index (χ2n) is 3.21. The molecule has 76 valence electrons. The number of nitrogens with two attached hydrogens (primary N) is 1. The summed E-state index contributed by atoms with van der Waals surface area (Å²) in [4.78, 5) is 0. The van der Waals surface area contributed by atoms with E-state index in [9.17, 15) is 0 Å². The maximum atomic E-state index is 6.01. The van der Waals surface area contributed by atoms with Crippen molar-refractivity contribution < 1.29 is 0 Å². The van der Waals surface area contributed by atoms with E-state index in [1.54, 1.807) is 12.1 Å². The molecule has 0 bridgehead atoms. The molecule has 0 saturated heterocycles. The molecule has 0 aliphatic carbocycles. The molecule has 0 radical (unpaired) electrons. The first-order valence-corrected chi connectivity index (χ1v) is 5.14. The molecule has 3 heteroatoms. The first-order chi connectivity index (χ1) is 6.57. The molecule has 1 atom stereocenters. The Balaban J connectivity index is 3.10. The average molecular weight is 230 g/mol. The number of hydrogen-bond donors (Lipinski definition) is 1. The van der Waals surface area contributed by atoms with Crippen LogP contribution in [0.3, 0.4) is 0 Å². The van der Waals surface area contributed by atoms with Crippen molar-refractivity contribution >= 4 is 23.2 Å². The highest BCUT2D eigenvalue weighted by Gasteiger charge is 2.11. The lowest BCUT2D eigenvalue weighted by atomic mass is 9.99. The molecule has 0 aliphatic heterocycles. The molecule has 0 fully saturated rings. The van der Waals surface area contributed by atoms with Crippen LogP contribution in [0.1, 0.15) is 23.6 Å². The molecular formula is C11H13Cl2N. The Labute approximate surface area is 94.5 Å². The minimum absolute atomic E-state index is 0.0535. The summed E-state index contributed by atoms with van der Waals surface area (Å²) in [5.41, 5.74) is 7.93. The third kappa shape index (κ3) is 2.30. The second-order valence-corrected chi connectivity index (χ2v) is 3.99. The van der Waals surface area contributed by atoms with Crippen molar-refractivity contribution in [2.75, 3.05) is 0 Å². The van der Waals surface area contributed by atoms with Crippen LogP contribution in [0, 0.1) is 6.92 Å². The molecule has 1 nitrogen and oxygen atoms in total. The van der Waals surface area contributed by atoms with Crippen LogP contribution < -0.4 is 5.73 Å². The Kier molecular flexibility index (Phi) is 3.99. The van der Waals surface area contributed by atoms with Crippen LogP contribution in [0.5, 0.6) is 0 Å². The fourth-order valence-corrected chi connectivity index (χ4v) is 1.75. The van der Waals surface area contributed by atoms with Gasteiger partial charge in [-0.3, -0.25) is 0 Å². The predicted molar refractivity (Wildman–Crippen MR) is 62.9 cm³/mol. The van der Waals surface area contributed by atoms with Gasteiger partial charge in [-0.15, -0.1) is 6.58 Å². The van der Waals surface area contributed by atoms with Crippen molar-refractivity contribution in [3.63, 3.8) is 0 Å². The van der Waals surface area contributed by atoms with Crippen molar-refractivity contribution in [1.29, 1.82) is 0 Å². The first-order valence-electron chi connectivity index (χ1n) is 4.39. The zero-order valence-electron chi connectivity index (χ0n) is 8.06. The monoisotopic (exact) mass is 229 g/mol. The van der Waals surface area contributed by atoms with Gasteiger partial charge in [-0.25, -0.2) is 0 Å². The summed E-state index contributed by atoms with van der Waals surface area (Å²) < 4.78 is 0. The topological polar surface area (TPSA) is 26.0 Å². The molecule has 0 aromatic heterocycles. The van der Waals surface area contributed by atoms with E-state index in [4.69, 9.17) is 28.9 Å². The van der Waals surface area contributed by atoms with Gasteiger partial charge < -0.3 is 5.73 Å². The fraction of sp³-hybridized carbons (Fsp3) is 0.273. The van der Waals surface area contributed by atoms with Crippen molar-refractivity contribution in [1.82, 2.24) is 0 Å². The standard InChI is InChI=1S/C11H13Cl2N/c1-3-4-10(14)8-5-6-9(12)11(13)7(8)2/h3,5-6,10H,1,4,14H2,2H3/t10-/m1/s1. The largest absolute Gasteiger partial charge is 0.324 e. The Hall–Kier alpha value is -0.500. The van der Waals surface area contributed by atoms with Crippen LogP contribution in [-0.2, 0) is 0 Å². The van der Waals surface area contributed by atoms with Crippen molar-refractivity contribution in [3.05, 3.63) is 46.0 Å². The molecule has 14 heavy (non-hydrogen) atoms. The van der Waals surface area contributed by atoms with Crippen LogP contribution in [-0.4, -0.2) is 0 Å². The summed E-state index contributed by atoms with van der Waals surface area (Å²) in [7, 11) is 0. The zero-order chi connectivity index (χ0) is 10.7. The van der Waals surface area contributed by atoms with Gasteiger partial charge in [0, 0.05) is 6.04 Å². The Morgan fingerprint density at radius 1 is 1.50 bits per heavy atom. The van der Waals surface area contributed by atoms with Gasteiger partial charge in [0.1, 0.15) is 0 Å². The number of hydrogen-bond acceptors (Lipinski definition) is 1. The van der Waals surface area contributed by atoms with Gasteiger partial charge in [-0.05, 0) is 30.5 Å². The van der Waals surface area contributed by atoms with Crippen LogP contribution in [0.25, 0.3) is 0 Å². The lowest BCUT2D eigenvalue weighted by Gasteiger charge is -2.14. The van der Waals surface area contributed by atoms with E-state index in [0.29, 0.717) is 10.0 Å². The number of benzene rings is 1. The lowest BCUT2D eigenvalue weighted by Crippen LogP contribution is -2.10. The highest BCUT2D eigenvalue weighted by Crippen LogP contribution is 2.31. The third-order valence-corrected chi connectivity index (χ3v) is 3.10. The molecule has 1 rings (SSSR count). The molecule has 0 heterocycles. The van der Waals surface area contributed by atoms with Gasteiger partial charge in [0.05, 0.1) is 10.0 Å². The SMILES string of the molecule is C=CC[C@@H](N)c1ccc(Cl)c(Cl)c1C. The Morgan fingerprint density at radius 3 is 2.71 bits per heavy atom. The van der Waals surface area contributed by atoms with Crippen molar-refractivity contribution in [2.45, 2.75) is 19.4 Å². The predicted octanol–water partition coefficient (Wildman–Crippen LogP) is 3.88. The summed E-state index contributed by atoms with van der Waals surface area (Å²) in [5, 5.41) is 1.15. The second kappa shape index (κ2) is 4.83. The molecule has 0 saturated carbocycles. The lowest BCUT2D eigenvalue weighted by molar-refractivity contribution is 0.736. The van der Waals surface area contributed by atoms with E-state index in [1.165, 1.54) is 0 Å². The fourth-order valence-electron chi connectivity index (χ4n) is 1.38. The normalized spacial score (nSPS) is 12.6. The van der Waals surface area contributed by atoms with Crippen LogP contribution in [0.2, 0.25) is 10.0 Å². The maximum absolute atomic E-state index is 6.01. The van der Waals surface area contributed by atoms with Gasteiger partial charge in [0.2, 0.25) is 0 Å². The first kappa shape index (κ1) is 11.6. The van der Waals surface area contributed by atoms with E-state index in [1.807, 2.05) is 13.0 Å². The summed E-state index contributed by atoms with van der Waals surface area (Å²) in [6, 6.07) is 3.63. The van der Waals surface area contributed by atoms with Crippen LogP contribution in [0.15, 0.2) is 24.8 Å². The molecule has 0 amide bonds. The molecule has 2 N–H and O–H groups in total. The highest BCUT2D eigenvalue weighted by molar-refractivity contribution is 6.42. The van der Waals surface area contributed by atoms with Crippen LogP contribution >= 0.6 is 23.2 Å². The van der Waals surface area contributed by atoms with E-state index in [-0.39, 0.29) is 6.04 Å². The summed E-state index contributed by atoms with van der Waals surface area (Å²) in [6.07, 6.45) is 2.53. The van der Waals surface area contributed by atoms with Crippen molar-refractivity contribution in [3.8, 4) is 0 Å². The van der Waals surface area contributed by atoms with Crippen molar-refractivity contribution in [2.24, 2.45) is 5.73 Å². The van der Waals surface area contributed by atoms with Gasteiger partial charge in [0.15, 0.2) is 0 Å². The number of rotatable bonds is 3. The highest BCUT2D eigenvalue weighted by atomic mass is 35.5. The quantitative estimate of drug-likeness (QED) is 0.783. The molecule has 0 unspecified atom stereocenters. The Morgan fingerprint density at radius 2 is 2.14 bits per heavy atom. The van der Waals surface area contributed by atoms with Gasteiger partial charge >= 0.3 is 0 Å². The third-order valence-electron chi connectivity index (χ3n) is 2.20. The van der Waals surface area contributed by atoms with Gasteiger partial charge in [-0.1, -0.05) is 35.3 Å². The molecular weight excluding hydrogens is 217 g/mol. The minimum Gasteiger partial charge on any atom is -0.324 e. The van der Waals surface area contributed by atoms with Gasteiger partial charge in [0.25, 0.3) is 0 Å². The van der Waals surface area contributed by atoms with E-state index in [2.05, 4.69) is 6.58 Å². The Bertz CT molecular complexity index is 347. The average Bonchev–Trinajstić information content (AvgIpc) is 2.15. The smallest absolute Gasteiger partial charge is 0.0624 e. The minimum atomic E-state index is -0.0535. The summed E-state index contributed by atoms with van der Waals surface area (Å²) in [6.45, 7) is 5.58. The maximum Gasteiger partial charge on any atom is 0.0624 e. The van der Waals surface area contributed by atoms with E-state index >= 15 is 0 Å². The number of halogens is 2. The summed E-state index contributed by atoms with van der Waals surface area (Å²) >= 11 is 11.9. The molecule has 1 aromatic rings. The molecule has 0 spiro atoms. The van der Waals surface area contributed by atoms with Gasteiger partial charge in [-0.2, -0.15) is 0 Å². The van der Waals surface area contributed by atoms with E-state index in [0.717, 1.165) is 17.5 Å². The molecule has 1 aromatic carbocycles.